The summed E-state index contributed by atoms with van der Waals surface area (Å²) in [7, 11) is 3.94. The number of esters is 2. The SMILES string of the molecule is CN(C)CCCOc1nn(Cc2ccc(F)cc2)c2ccc3c(c12)OC(=O)/C=C\C(=O)O3. The van der Waals surface area contributed by atoms with Crippen molar-refractivity contribution >= 4 is 22.8 Å². The van der Waals surface area contributed by atoms with Gasteiger partial charge in [0.2, 0.25) is 5.88 Å². The molecular weight excluding hydrogens is 417 g/mol. The largest absolute Gasteiger partial charge is 0.476 e. The molecule has 2 aromatic carbocycles. The van der Waals surface area contributed by atoms with Gasteiger partial charge < -0.3 is 19.1 Å². The van der Waals surface area contributed by atoms with Crippen LogP contribution in [0.1, 0.15) is 12.0 Å². The minimum atomic E-state index is -0.708. The molecule has 0 saturated carbocycles. The highest BCUT2D eigenvalue weighted by atomic mass is 19.1. The molecule has 0 unspecified atom stereocenters. The number of rotatable bonds is 7. The zero-order valence-corrected chi connectivity index (χ0v) is 17.7. The number of benzene rings is 2. The summed E-state index contributed by atoms with van der Waals surface area (Å²) in [6.45, 7) is 1.55. The summed E-state index contributed by atoms with van der Waals surface area (Å²) in [6.07, 6.45) is 2.77. The molecule has 0 radical (unpaired) electrons. The Morgan fingerprint density at radius 1 is 1.03 bits per heavy atom. The van der Waals surface area contributed by atoms with Gasteiger partial charge in [0.1, 0.15) is 11.2 Å². The summed E-state index contributed by atoms with van der Waals surface area (Å²) in [4.78, 5) is 26.1. The van der Waals surface area contributed by atoms with E-state index in [0.717, 1.165) is 30.7 Å². The molecule has 2 heterocycles. The second kappa shape index (κ2) is 9.19. The average molecular weight is 439 g/mol. The van der Waals surface area contributed by atoms with Crippen molar-refractivity contribution in [2.75, 3.05) is 27.2 Å². The van der Waals surface area contributed by atoms with Crippen molar-refractivity contribution in [2.45, 2.75) is 13.0 Å². The molecule has 0 atom stereocenters. The molecule has 1 aromatic heterocycles. The van der Waals surface area contributed by atoms with E-state index in [-0.39, 0.29) is 23.2 Å². The molecule has 0 saturated heterocycles. The normalized spacial score (nSPS) is 14.5. The molecule has 9 heteroatoms. The van der Waals surface area contributed by atoms with Crippen molar-refractivity contribution in [3.63, 3.8) is 0 Å². The van der Waals surface area contributed by atoms with Gasteiger partial charge in [0.05, 0.1) is 18.7 Å². The number of hydrogen-bond acceptors (Lipinski definition) is 7. The highest BCUT2D eigenvalue weighted by Gasteiger charge is 2.25. The van der Waals surface area contributed by atoms with Crippen molar-refractivity contribution in [1.29, 1.82) is 0 Å². The van der Waals surface area contributed by atoms with Crippen molar-refractivity contribution in [1.82, 2.24) is 14.7 Å². The first-order valence-corrected chi connectivity index (χ1v) is 10.1. The summed E-state index contributed by atoms with van der Waals surface area (Å²) >= 11 is 0. The number of carbonyl (C=O) groups is 2. The van der Waals surface area contributed by atoms with E-state index in [2.05, 4.69) is 5.10 Å². The maximum atomic E-state index is 13.3. The van der Waals surface area contributed by atoms with E-state index in [1.54, 1.807) is 28.9 Å². The Kier molecular flexibility index (Phi) is 6.18. The van der Waals surface area contributed by atoms with E-state index in [0.29, 0.717) is 24.1 Å². The molecule has 0 fully saturated rings. The van der Waals surface area contributed by atoms with Gasteiger partial charge in [-0.3, -0.25) is 4.68 Å². The summed E-state index contributed by atoms with van der Waals surface area (Å²) < 4.78 is 31.7. The van der Waals surface area contributed by atoms with Crippen molar-refractivity contribution in [3.8, 4) is 17.4 Å². The smallest absolute Gasteiger partial charge is 0.336 e. The molecule has 4 rings (SSSR count). The van der Waals surface area contributed by atoms with Crippen LogP contribution in [0.15, 0.2) is 48.6 Å². The lowest BCUT2D eigenvalue weighted by molar-refractivity contribution is -0.133. The number of hydrogen-bond donors (Lipinski definition) is 0. The molecule has 0 spiro atoms. The zero-order chi connectivity index (χ0) is 22.7. The number of carbonyl (C=O) groups excluding carboxylic acids is 2. The van der Waals surface area contributed by atoms with Crippen molar-refractivity contribution < 1.29 is 28.2 Å². The Balaban J connectivity index is 1.76. The second-order valence-electron chi connectivity index (χ2n) is 7.56. The molecule has 8 nitrogen and oxygen atoms in total. The predicted molar refractivity (Wildman–Crippen MR) is 114 cm³/mol. The third-order valence-electron chi connectivity index (χ3n) is 4.81. The molecule has 0 bridgehead atoms. The lowest BCUT2D eigenvalue weighted by Gasteiger charge is -2.13. The lowest BCUT2D eigenvalue weighted by atomic mass is 10.2. The summed E-state index contributed by atoms with van der Waals surface area (Å²) in [5.41, 5.74) is 1.44. The Hall–Kier alpha value is -3.72. The van der Waals surface area contributed by atoms with E-state index in [1.165, 1.54) is 12.1 Å². The summed E-state index contributed by atoms with van der Waals surface area (Å²) in [5.74, 6) is -1.30. The molecule has 32 heavy (non-hydrogen) atoms. The van der Waals surface area contributed by atoms with Gasteiger partial charge in [-0.1, -0.05) is 12.1 Å². The average Bonchev–Trinajstić information content (AvgIpc) is 3.09. The molecule has 1 aliphatic rings. The van der Waals surface area contributed by atoms with Crippen molar-refractivity contribution in [2.24, 2.45) is 0 Å². The van der Waals surface area contributed by atoms with Gasteiger partial charge in [-0.05, 0) is 50.3 Å². The Morgan fingerprint density at radius 3 is 2.47 bits per heavy atom. The van der Waals surface area contributed by atoms with Crippen LogP contribution >= 0.6 is 0 Å². The van der Waals surface area contributed by atoms with Crippen LogP contribution < -0.4 is 14.2 Å². The number of aromatic nitrogens is 2. The molecule has 166 valence electrons. The van der Waals surface area contributed by atoms with Gasteiger partial charge >= 0.3 is 11.9 Å². The van der Waals surface area contributed by atoms with E-state index in [4.69, 9.17) is 14.2 Å². The van der Waals surface area contributed by atoms with Crippen LogP contribution in [0.4, 0.5) is 4.39 Å². The van der Waals surface area contributed by atoms with E-state index in [9.17, 15) is 14.0 Å². The van der Waals surface area contributed by atoms with Crippen LogP contribution in [0.2, 0.25) is 0 Å². The standard InChI is InChI=1S/C23H22FN3O5/c1-26(2)12-3-13-30-23-21-17(27(25-23)14-15-4-6-16(24)7-5-15)8-9-18-22(21)32-20(29)11-10-19(28)31-18/h4-11H,3,12-14H2,1-2H3/b11-10-. The van der Waals surface area contributed by atoms with Gasteiger partial charge in [-0.2, -0.15) is 0 Å². The summed E-state index contributed by atoms with van der Waals surface area (Å²) in [6, 6.07) is 9.34. The maximum absolute atomic E-state index is 13.3. The third-order valence-corrected chi connectivity index (χ3v) is 4.81. The van der Waals surface area contributed by atoms with E-state index in [1.807, 2.05) is 19.0 Å². The molecule has 0 N–H and O–H groups in total. The van der Waals surface area contributed by atoms with Gasteiger partial charge in [0, 0.05) is 18.7 Å². The molecule has 0 aliphatic carbocycles. The van der Waals surface area contributed by atoms with E-state index >= 15 is 0 Å². The Bertz CT molecular complexity index is 1180. The first-order chi connectivity index (χ1) is 15.4. The predicted octanol–water partition coefficient (Wildman–Crippen LogP) is 2.93. The molecule has 0 amide bonds. The van der Waals surface area contributed by atoms with Gasteiger partial charge in [0.15, 0.2) is 11.5 Å². The van der Waals surface area contributed by atoms with Crippen LogP contribution in [0, 0.1) is 5.82 Å². The van der Waals surface area contributed by atoms with Crippen LogP contribution in [-0.4, -0.2) is 53.9 Å². The van der Waals surface area contributed by atoms with Crippen LogP contribution in [0.25, 0.3) is 10.9 Å². The minimum Gasteiger partial charge on any atom is -0.476 e. The maximum Gasteiger partial charge on any atom is 0.336 e. The summed E-state index contributed by atoms with van der Waals surface area (Å²) in [5, 5.41) is 4.99. The molecular formula is C23H22FN3O5. The highest BCUT2D eigenvalue weighted by molar-refractivity contribution is 6.00. The number of nitrogens with zero attached hydrogens (tertiary/aromatic N) is 3. The van der Waals surface area contributed by atoms with Crippen LogP contribution in [0.3, 0.4) is 0 Å². The quantitative estimate of drug-likeness (QED) is 0.318. The number of fused-ring (bicyclic) bond motifs is 3. The number of halogens is 1. The Morgan fingerprint density at radius 2 is 1.75 bits per heavy atom. The fourth-order valence-corrected chi connectivity index (χ4v) is 3.32. The van der Waals surface area contributed by atoms with Crippen LogP contribution in [-0.2, 0) is 16.1 Å². The third kappa shape index (κ3) is 4.78. The number of ether oxygens (including phenoxy) is 3. The molecule has 1 aliphatic heterocycles. The monoisotopic (exact) mass is 439 g/mol. The Labute approximate surface area is 183 Å². The molecule has 3 aromatic rings. The van der Waals surface area contributed by atoms with Gasteiger partial charge in [-0.15, -0.1) is 5.10 Å². The van der Waals surface area contributed by atoms with Crippen LogP contribution in [0.5, 0.6) is 17.4 Å². The second-order valence-corrected chi connectivity index (χ2v) is 7.56. The fourth-order valence-electron chi connectivity index (χ4n) is 3.32. The van der Waals surface area contributed by atoms with E-state index < -0.39 is 11.9 Å². The van der Waals surface area contributed by atoms with Gasteiger partial charge in [0.25, 0.3) is 0 Å². The van der Waals surface area contributed by atoms with Crippen molar-refractivity contribution in [3.05, 3.63) is 59.9 Å². The topological polar surface area (TPSA) is 82.9 Å². The lowest BCUT2D eigenvalue weighted by Crippen LogP contribution is -2.16. The minimum absolute atomic E-state index is 0.0677. The fraction of sp³-hybridized carbons (Fsp3) is 0.261. The zero-order valence-electron chi connectivity index (χ0n) is 17.7. The van der Waals surface area contributed by atoms with Gasteiger partial charge in [-0.25, -0.2) is 14.0 Å². The highest BCUT2D eigenvalue weighted by Crippen LogP contribution is 2.42. The first kappa shape index (κ1) is 21.5. The first-order valence-electron chi connectivity index (χ1n) is 10.1.